The van der Waals surface area contributed by atoms with Crippen LogP contribution in [0.3, 0.4) is 0 Å². The van der Waals surface area contributed by atoms with Crippen molar-refractivity contribution in [1.29, 1.82) is 0 Å². The molecule has 2 aromatic carbocycles. The summed E-state index contributed by atoms with van der Waals surface area (Å²) in [5, 5.41) is 0. The molecule has 8 heteroatoms. The van der Waals surface area contributed by atoms with Crippen LogP contribution in [0.15, 0.2) is 35.2 Å². The van der Waals surface area contributed by atoms with Gasteiger partial charge in [-0.3, -0.25) is 4.72 Å². The van der Waals surface area contributed by atoms with Gasteiger partial charge < -0.3 is 9.47 Å². The number of hydrogen-bond donors (Lipinski definition) is 1. The Morgan fingerprint density at radius 3 is 2.82 bits per heavy atom. The fraction of sp³-hybridized carbons (Fsp3) is 0.350. The summed E-state index contributed by atoms with van der Waals surface area (Å²) in [7, 11) is -2.81. The SMILES string of the molecule is CCc1cc(F)ccc1S(=O)(=O)Nc1ccc2c(c1C(=O)OC)OC[C@@H]1C[C@H]21. The van der Waals surface area contributed by atoms with Gasteiger partial charge in [0.25, 0.3) is 10.0 Å². The number of benzene rings is 2. The molecule has 1 heterocycles. The molecule has 0 radical (unpaired) electrons. The number of rotatable bonds is 5. The first kappa shape index (κ1) is 18.7. The Morgan fingerprint density at radius 2 is 2.11 bits per heavy atom. The smallest absolute Gasteiger partial charge is 0.343 e. The van der Waals surface area contributed by atoms with Crippen molar-refractivity contribution < 1.29 is 27.1 Å². The highest BCUT2D eigenvalue weighted by molar-refractivity contribution is 7.92. The molecule has 1 fully saturated rings. The van der Waals surface area contributed by atoms with Crippen molar-refractivity contribution in [3.63, 3.8) is 0 Å². The third-order valence-corrected chi connectivity index (χ3v) is 6.74. The monoisotopic (exact) mass is 405 g/mol. The van der Waals surface area contributed by atoms with E-state index in [-0.39, 0.29) is 16.1 Å². The summed E-state index contributed by atoms with van der Waals surface area (Å²) < 4.78 is 52.5. The molecule has 2 atom stereocenters. The van der Waals surface area contributed by atoms with Gasteiger partial charge in [-0.15, -0.1) is 0 Å². The summed E-state index contributed by atoms with van der Waals surface area (Å²) in [4.78, 5) is 12.4. The lowest BCUT2D eigenvalue weighted by molar-refractivity contribution is 0.0596. The Morgan fingerprint density at radius 1 is 1.32 bits per heavy atom. The van der Waals surface area contributed by atoms with Crippen LogP contribution >= 0.6 is 0 Å². The van der Waals surface area contributed by atoms with Crippen molar-refractivity contribution in [1.82, 2.24) is 0 Å². The second-order valence-corrected chi connectivity index (χ2v) is 8.67. The molecule has 0 aromatic heterocycles. The minimum atomic E-state index is -4.05. The third kappa shape index (κ3) is 3.11. The molecule has 1 aliphatic carbocycles. The van der Waals surface area contributed by atoms with Crippen LogP contribution in [-0.2, 0) is 21.2 Å². The number of esters is 1. The average molecular weight is 405 g/mol. The van der Waals surface area contributed by atoms with Crippen LogP contribution in [-0.4, -0.2) is 28.1 Å². The van der Waals surface area contributed by atoms with E-state index >= 15 is 0 Å². The first-order chi connectivity index (χ1) is 13.4. The van der Waals surface area contributed by atoms with Crippen LogP contribution in [0.5, 0.6) is 5.75 Å². The normalized spacial score (nSPS) is 19.8. The average Bonchev–Trinajstić information content (AvgIpc) is 3.46. The Kier molecular flexibility index (Phi) is 4.53. The number of ether oxygens (including phenoxy) is 2. The number of fused-ring (bicyclic) bond motifs is 3. The van der Waals surface area contributed by atoms with Crippen LogP contribution in [0.2, 0.25) is 0 Å². The second kappa shape index (κ2) is 6.77. The Labute approximate surface area is 162 Å². The molecule has 2 aromatic rings. The number of sulfonamides is 1. The summed E-state index contributed by atoms with van der Waals surface area (Å²) in [5.41, 5.74) is 1.39. The maximum Gasteiger partial charge on any atom is 0.343 e. The highest BCUT2D eigenvalue weighted by Gasteiger charge is 2.45. The molecule has 0 bridgehead atoms. The van der Waals surface area contributed by atoms with E-state index in [0.29, 0.717) is 36.2 Å². The second-order valence-electron chi connectivity index (χ2n) is 7.02. The maximum atomic E-state index is 13.5. The zero-order valence-electron chi connectivity index (χ0n) is 15.5. The molecular formula is C20H20FNO5S. The van der Waals surface area contributed by atoms with Crippen LogP contribution in [0.1, 0.15) is 40.7 Å². The van der Waals surface area contributed by atoms with E-state index in [2.05, 4.69) is 4.72 Å². The largest absolute Gasteiger partial charge is 0.492 e. The van der Waals surface area contributed by atoms with Gasteiger partial charge in [-0.1, -0.05) is 13.0 Å². The van der Waals surface area contributed by atoms with E-state index in [4.69, 9.17) is 9.47 Å². The predicted molar refractivity (Wildman–Crippen MR) is 101 cm³/mol. The summed E-state index contributed by atoms with van der Waals surface area (Å²) in [6.07, 6.45) is 1.34. The number of nitrogens with one attached hydrogen (secondary N) is 1. The summed E-state index contributed by atoms with van der Waals surface area (Å²) in [6, 6.07) is 6.85. The zero-order chi connectivity index (χ0) is 20.1. The minimum Gasteiger partial charge on any atom is -0.492 e. The van der Waals surface area contributed by atoms with E-state index in [1.54, 1.807) is 19.1 Å². The minimum absolute atomic E-state index is 0.0342. The fourth-order valence-electron chi connectivity index (χ4n) is 3.73. The number of aryl methyl sites for hydroxylation is 1. The number of hydrogen-bond acceptors (Lipinski definition) is 5. The van der Waals surface area contributed by atoms with Crippen LogP contribution in [0.25, 0.3) is 0 Å². The molecular weight excluding hydrogens is 385 g/mol. The number of methoxy groups -OCH3 is 1. The predicted octanol–water partition coefficient (Wildman–Crippen LogP) is 3.47. The summed E-state index contributed by atoms with van der Waals surface area (Å²) in [5.74, 6) is -0.0233. The standard InChI is InChI=1S/C20H20FNO5S/c1-3-11-8-13(21)4-7-17(11)28(24,25)22-16-6-5-14-15-9-12(15)10-27-19(14)18(16)20(23)26-2/h4-8,12,15,22H,3,9-10H2,1-2H3/t12-,15-/m0/s1. The lowest BCUT2D eigenvalue weighted by Gasteiger charge is -2.22. The molecule has 2 aliphatic rings. The molecule has 0 saturated heterocycles. The Balaban J connectivity index is 1.78. The highest BCUT2D eigenvalue weighted by Crippen LogP contribution is 2.55. The van der Waals surface area contributed by atoms with Gasteiger partial charge in [-0.2, -0.15) is 0 Å². The van der Waals surface area contributed by atoms with Gasteiger partial charge in [0, 0.05) is 5.92 Å². The molecule has 6 nitrogen and oxygen atoms in total. The lowest BCUT2D eigenvalue weighted by Crippen LogP contribution is -2.20. The molecule has 1 N–H and O–H groups in total. The quantitative estimate of drug-likeness (QED) is 0.771. The molecule has 1 saturated carbocycles. The van der Waals surface area contributed by atoms with E-state index in [0.717, 1.165) is 18.1 Å². The highest BCUT2D eigenvalue weighted by atomic mass is 32.2. The topological polar surface area (TPSA) is 81.7 Å². The number of carbonyl (C=O) groups is 1. The van der Waals surface area contributed by atoms with Gasteiger partial charge in [0.05, 0.1) is 24.3 Å². The molecule has 0 unspecified atom stereocenters. The zero-order valence-corrected chi connectivity index (χ0v) is 16.3. The van der Waals surface area contributed by atoms with Gasteiger partial charge >= 0.3 is 5.97 Å². The first-order valence-electron chi connectivity index (χ1n) is 9.05. The van der Waals surface area contributed by atoms with Gasteiger partial charge in [-0.25, -0.2) is 17.6 Å². The number of halogens is 1. The van der Waals surface area contributed by atoms with Crippen LogP contribution in [0, 0.1) is 11.7 Å². The number of anilines is 1. The van der Waals surface area contributed by atoms with Crippen molar-refractivity contribution in [2.75, 3.05) is 18.4 Å². The molecule has 1 aliphatic heterocycles. The Bertz CT molecular complexity index is 1070. The fourth-order valence-corrected chi connectivity index (χ4v) is 5.09. The van der Waals surface area contributed by atoms with Crippen molar-refractivity contribution in [2.45, 2.75) is 30.6 Å². The first-order valence-corrected chi connectivity index (χ1v) is 10.5. The Hall–Kier alpha value is -2.61. The van der Waals surface area contributed by atoms with Crippen molar-refractivity contribution in [3.05, 3.63) is 52.8 Å². The number of carbonyl (C=O) groups excluding carboxylic acids is 1. The van der Waals surface area contributed by atoms with Crippen molar-refractivity contribution >= 4 is 21.7 Å². The molecule has 0 spiro atoms. The maximum absolute atomic E-state index is 13.5. The van der Waals surface area contributed by atoms with Crippen LogP contribution < -0.4 is 9.46 Å². The van der Waals surface area contributed by atoms with Crippen molar-refractivity contribution in [2.24, 2.45) is 5.92 Å². The van der Waals surface area contributed by atoms with Crippen molar-refractivity contribution in [3.8, 4) is 5.75 Å². The third-order valence-electron chi connectivity index (χ3n) is 5.28. The van der Waals surface area contributed by atoms with E-state index in [1.165, 1.54) is 19.2 Å². The van der Waals surface area contributed by atoms with E-state index in [1.807, 2.05) is 0 Å². The lowest BCUT2D eigenvalue weighted by atomic mass is 10.0. The van der Waals surface area contributed by atoms with Gasteiger partial charge in [0.1, 0.15) is 17.1 Å². The van der Waals surface area contributed by atoms with Gasteiger partial charge in [0.2, 0.25) is 0 Å². The summed E-state index contributed by atoms with van der Waals surface area (Å²) in [6.45, 7) is 2.24. The van der Waals surface area contributed by atoms with E-state index in [9.17, 15) is 17.6 Å². The summed E-state index contributed by atoms with van der Waals surface area (Å²) >= 11 is 0. The molecule has 0 amide bonds. The van der Waals surface area contributed by atoms with Gasteiger partial charge in [0.15, 0.2) is 0 Å². The molecule has 4 rings (SSSR count). The van der Waals surface area contributed by atoms with Crippen LogP contribution in [0.4, 0.5) is 10.1 Å². The molecule has 148 valence electrons. The molecule has 28 heavy (non-hydrogen) atoms. The van der Waals surface area contributed by atoms with E-state index < -0.39 is 21.8 Å². The van der Waals surface area contributed by atoms with Gasteiger partial charge in [-0.05, 0) is 54.2 Å².